The first-order valence-corrected chi connectivity index (χ1v) is 7.24. The van der Waals surface area contributed by atoms with Gasteiger partial charge in [-0.3, -0.25) is 0 Å². The van der Waals surface area contributed by atoms with Crippen molar-refractivity contribution in [2.75, 3.05) is 20.8 Å². The maximum absolute atomic E-state index is 5.38. The zero-order chi connectivity index (χ0) is 13.7. The Morgan fingerprint density at radius 3 is 2.26 bits per heavy atom. The molecule has 1 N–H and O–H groups in total. The molecule has 19 heavy (non-hydrogen) atoms. The van der Waals surface area contributed by atoms with E-state index >= 15 is 0 Å². The Balaban J connectivity index is 2.26. The molecule has 0 saturated heterocycles. The van der Waals surface area contributed by atoms with Crippen LogP contribution >= 0.6 is 0 Å². The Hall–Kier alpha value is -1.22. The lowest BCUT2D eigenvalue weighted by molar-refractivity contribution is 0.329. The summed E-state index contributed by atoms with van der Waals surface area (Å²) in [5.74, 6) is 2.34. The minimum absolute atomic E-state index is 0.567. The molecular formula is C16H25NO2. The summed E-state index contributed by atoms with van der Waals surface area (Å²) >= 11 is 0. The van der Waals surface area contributed by atoms with Crippen molar-refractivity contribution in [1.82, 2.24) is 5.32 Å². The molecule has 0 aromatic heterocycles. The lowest BCUT2D eigenvalue weighted by Gasteiger charge is -2.32. The topological polar surface area (TPSA) is 30.5 Å². The average molecular weight is 263 g/mol. The summed E-state index contributed by atoms with van der Waals surface area (Å²) in [7, 11) is 3.42. The molecule has 0 amide bonds. The highest BCUT2D eigenvalue weighted by Crippen LogP contribution is 2.36. The molecule has 0 spiro atoms. The highest BCUT2D eigenvalue weighted by molar-refractivity contribution is 5.40. The molecule has 0 heterocycles. The van der Waals surface area contributed by atoms with Crippen molar-refractivity contribution in [2.24, 2.45) is 0 Å². The van der Waals surface area contributed by atoms with Crippen molar-refractivity contribution >= 4 is 0 Å². The molecule has 1 aromatic carbocycles. The van der Waals surface area contributed by atoms with Gasteiger partial charge in [0.2, 0.25) is 0 Å². The van der Waals surface area contributed by atoms with Crippen LogP contribution in [-0.2, 0) is 0 Å². The van der Waals surface area contributed by atoms with Gasteiger partial charge in [0, 0.05) is 12.1 Å². The monoisotopic (exact) mass is 263 g/mol. The fourth-order valence-electron chi connectivity index (χ4n) is 3.08. The number of likely N-dealkylation sites (N-methyl/N-ethyl adjacent to an activating group) is 1. The quantitative estimate of drug-likeness (QED) is 0.884. The maximum Gasteiger partial charge on any atom is 0.122 e. The van der Waals surface area contributed by atoms with E-state index in [1.54, 1.807) is 14.2 Å². The van der Waals surface area contributed by atoms with Gasteiger partial charge in [0.1, 0.15) is 11.5 Å². The largest absolute Gasteiger partial charge is 0.497 e. The van der Waals surface area contributed by atoms with E-state index in [4.69, 9.17) is 9.47 Å². The van der Waals surface area contributed by atoms with Gasteiger partial charge in [0.15, 0.2) is 0 Å². The second-order valence-electron chi connectivity index (χ2n) is 5.20. The Bertz CT molecular complexity index is 381. The lowest BCUT2D eigenvalue weighted by Crippen LogP contribution is -2.37. The maximum atomic E-state index is 5.38. The van der Waals surface area contributed by atoms with Crippen LogP contribution in [-0.4, -0.2) is 26.8 Å². The molecule has 0 aliphatic heterocycles. The lowest BCUT2D eigenvalue weighted by atomic mass is 9.80. The molecule has 1 saturated carbocycles. The third-order valence-corrected chi connectivity index (χ3v) is 4.03. The molecule has 2 atom stereocenters. The van der Waals surface area contributed by atoms with Crippen molar-refractivity contribution in [3.63, 3.8) is 0 Å². The van der Waals surface area contributed by atoms with E-state index in [-0.39, 0.29) is 0 Å². The summed E-state index contributed by atoms with van der Waals surface area (Å²) in [6.45, 7) is 3.21. The summed E-state index contributed by atoms with van der Waals surface area (Å²) in [4.78, 5) is 0. The highest BCUT2D eigenvalue weighted by atomic mass is 16.5. The minimum atomic E-state index is 0.567. The molecule has 0 bridgehead atoms. The standard InChI is InChI=1S/C16H25NO2/c1-4-17-16-8-6-5-7-15(16)12-9-13(18-2)11-14(10-12)19-3/h9-11,15-17H,4-8H2,1-3H3. The molecule has 3 heteroatoms. The van der Waals surface area contributed by atoms with Crippen molar-refractivity contribution in [3.8, 4) is 11.5 Å². The van der Waals surface area contributed by atoms with Crippen LogP contribution in [0.25, 0.3) is 0 Å². The van der Waals surface area contributed by atoms with E-state index in [1.165, 1.54) is 31.2 Å². The van der Waals surface area contributed by atoms with Gasteiger partial charge in [-0.2, -0.15) is 0 Å². The Labute approximate surface area is 116 Å². The first-order chi connectivity index (χ1) is 9.28. The molecule has 1 aromatic rings. The van der Waals surface area contributed by atoms with Crippen LogP contribution in [0.5, 0.6) is 11.5 Å². The van der Waals surface area contributed by atoms with E-state index in [0.717, 1.165) is 18.0 Å². The zero-order valence-corrected chi connectivity index (χ0v) is 12.2. The summed E-state index contributed by atoms with van der Waals surface area (Å²) in [5, 5.41) is 3.63. The highest BCUT2D eigenvalue weighted by Gasteiger charge is 2.26. The van der Waals surface area contributed by atoms with Crippen molar-refractivity contribution < 1.29 is 9.47 Å². The molecule has 2 rings (SSSR count). The third kappa shape index (κ3) is 3.41. The smallest absolute Gasteiger partial charge is 0.122 e. The number of hydrogen-bond acceptors (Lipinski definition) is 3. The van der Waals surface area contributed by atoms with E-state index in [2.05, 4.69) is 24.4 Å². The van der Waals surface area contributed by atoms with Crippen LogP contribution in [0.4, 0.5) is 0 Å². The van der Waals surface area contributed by atoms with E-state index < -0.39 is 0 Å². The van der Waals surface area contributed by atoms with Gasteiger partial charge in [0.05, 0.1) is 14.2 Å². The third-order valence-electron chi connectivity index (χ3n) is 4.03. The van der Waals surface area contributed by atoms with Gasteiger partial charge in [-0.1, -0.05) is 19.8 Å². The summed E-state index contributed by atoms with van der Waals surface area (Å²) < 4.78 is 10.8. The zero-order valence-electron chi connectivity index (χ0n) is 12.2. The summed E-state index contributed by atoms with van der Waals surface area (Å²) in [5.41, 5.74) is 1.34. The van der Waals surface area contributed by atoms with Crippen molar-refractivity contribution in [3.05, 3.63) is 23.8 Å². The first-order valence-electron chi connectivity index (χ1n) is 7.24. The van der Waals surface area contributed by atoms with Crippen LogP contribution in [0.1, 0.15) is 44.1 Å². The molecule has 106 valence electrons. The van der Waals surface area contributed by atoms with Crippen molar-refractivity contribution in [1.29, 1.82) is 0 Å². The summed E-state index contributed by atoms with van der Waals surface area (Å²) in [6, 6.07) is 6.83. The Kier molecular flexibility index (Phi) is 5.08. The number of methoxy groups -OCH3 is 2. The molecule has 1 fully saturated rings. The second-order valence-corrected chi connectivity index (χ2v) is 5.20. The average Bonchev–Trinajstić information content (AvgIpc) is 2.47. The van der Waals surface area contributed by atoms with Crippen LogP contribution in [0.15, 0.2) is 18.2 Å². The SMILES string of the molecule is CCNC1CCCCC1c1cc(OC)cc(OC)c1. The van der Waals surface area contributed by atoms with Crippen LogP contribution in [0.3, 0.4) is 0 Å². The predicted molar refractivity (Wildman–Crippen MR) is 78.2 cm³/mol. The van der Waals surface area contributed by atoms with Gasteiger partial charge in [-0.25, -0.2) is 0 Å². The molecule has 1 aliphatic carbocycles. The first kappa shape index (κ1) is 14.2. The number of hydrogen-bond donors (Lipinski definition) is 1. The molecule has 0 radical (unpaired) electrons. The van der Waals surface area contributed by atoms with Gasteiger partial charge >= 0.3 is 0 Å². The molecule has 3 nitrogen and oxygen atoms in total. The predicted octanol–water partition coefficient (Wildman–Crippen LogP) is 3.34. The van der Waals surface area contributed by atoms with Crippen LogP contribution < -0.4 is 14.8 Å². The fraction of sp³-hybridized carbons (Fsp3) is 0.625. The fourth-order valence-corrected chi connectivity index (χ4v) is 3.08. The van der Waals surface area contributed by atoms with E-state index in [9.17, 15) is 0 Å². The number of rotatable bonds is 5. The Morgan fingerprint density at radius 1 is 1.05 bits per heavy atom. The van der Waals surface area contributed by atoms with Gasteiger partial charge in [0.25, 0.3) is 0 Å². The number of ether oxygens (including phenoxy) is 2. The second kappa shape index (κ2) is 6.80. The van der Waals surface area contributed by atoms with E-state index in [0.29, 0.717) is 12.0 Å². The van der Waals surface area contributed by atoms with Crippen LogP contribution in [0, 0.1) is 0 Å². The normalized spacial score (nSPS) is 23.1. The van der Waals surface area contributed by atoms with E-state index in [1.807, 2.05) is 6.07 Å². The number of nitrogens with one attached hydrogen (secondary N) is 1. The summed E-state index contributed by atoms with van der Waals surface area (Å²) in [6.07, 6.45) is 5.15. The Morgan fingerprint density at radius 2 is 1.68 bits per heavy atom. The molecule has 1 aliphatic rings. The van der Waals surface area contributed by atoms with Gasteiger partial charge in [-0.15, -0.1) is 0 Å². The van der Waals surface area contributed by atoms with Crippen molar-refractivity contribution in [2.45, 2.75) is 44.6 Å². The van der Waals surface area contributed by atoms with Gasteiger partial charge in [-0.05, 0) is 43.0 Å². The number of benzene rings is 1. The van der Waals surface area contributed by atoms with Gasteiger partial charge < -0.3 is 14.8 Å². The molecular weight excluding hydrogens is 238 g/mol. The van der Waals surface area contributed by atoms with Crippen LogP contribution in [0.2, 0.25) is 0 Å². The molecule has 2 unspecified atom stereocenters. The minimum Gasteiger partial charge on any atom is -0.497 e.